The zero-order chi connectivity index (χ0) is 26.9. The number of aliphatic hydroxyl groups excluding tert-OH is 1. The molecule has 0 bridgehead atoms. The van der Waals surface area contributed by atoms with Crippen LogP contribution >= 0.6 is 0 Å². The van der Waals surface area contributed by atoms with Crippen molar-refractivity contribution in [3.05, 3.63) is 30.1 Å². The third kappa shape index (κ3) is 15.2. The predicted octanol–water partition coefficient (Wildman–Crippen LogP) is 0.660. The highest BCUT2D eigenvalue weighted by molar-refractivity contribution is 5.78. The fraction of sp³-hybridized carbons (Fsp3) is 0.625. The summed E-state index contributed by atoms with van der Waals surface area (Å²) in [5.41, 5.74) is 0. The maximum atomic E-state index is 12.9. The van der Waals surface area contributed by atoms with Gasteiger partial charge in [0, 0.05) is 46.6 Å². The first-order valence-electron chi connectivity index (χ1n) is 11.8. The molecular formula is C24H38FN3O8. The van der Waals surface area contributed by atoms with Crippen molar-refractivity contribution < 1.29 is 43.6 Å². The summed E-state index contributed by atoms with van der Waals surface area (Å²) in [6.45, 7) is 8.16. The molecule has 3 rings (SSSR count). The summed E-state index contributed by atoms with van der Waals surface area (Å²) in [4.78, 5) is 34.6. The van der Waals surface area contributed by atoms with E-state index < -0.39 is 18.0 Å². The standard InChI is InChI=1S/C20H30FN3O4.2C2H4O2/c21-16-2-4-17(5-3-16)28-11-1-7-23-8-6-19(25)18(14-23)22-20(26)15-24-9-12-27-13-10-24;2*1-2(3)4/h2-5,18-19,25H,1,6-15H2,(H,22,26);2*1H3,(H,3,4)/t18-,19+;;/m1../s1. The number of nitrogens with zero attached hydrogens (tertiary/aromatic N) is 2. The molecule has 1 aromatic rings. The summed E-state index contributed by atoms with van der Waals surface area (Å²) in [5, 5.41) is 28.1. The third-order valence-corrected chi connectivity index (χ3v) is 5.18. The first kappa shape index (κ1) is 31.2. The van der Waals surface area contributed by atoms with E-state index in [9.17, 15) is 14.3 Å². The van der Waals surface area contributed by atoms with Gasteiger partial charge in [0.25, 0.3) is 11.9 Å². The number of nitrogens with one attached hydrogen (secondary N) is 1. The highest BCUT2D eigenvalue weighted by Crippen LogP contribution is 2.14. The van der Waals surface area contributed by atoms with E-state index in [4.69, 9.17) is 29.3 Å². The number of hydrogen-bond acceptors (Lipinski definition) is 8. The molecule has 2 aliphatic rings. The van der Waals surface area contributed by atoms with Crippen molar-refractivity contribution in [3.63, 3.8) is 0 Å². The van der Waals surface area contributed by atoms with Crippen LogP contribution in [0.4, 0.5) is 4.39 Å². The lowest BCUT2D eigenvalue weighted by Crippen LogP contribution is -2.57. The fourth-order valence-electron chi connectivity index (χ4n) is 3.58. The second kappa shape index (κ2) is 17.6. The van der Waals surface area contributed by atoms with Gasteiger partial charge in [-0.15, -0.1) is 0 Å². The van der Waals surface area contributed by atoms with Crippen LogP contribution in [-0.2, 0) is 19.1 Å². The zero-order valence-corrected chi connectivity index (χ0v) is 20.9. The van der Waals surface area contributed by atoms with Gasteiger partial charge in [0.15, 0.2) is 0 Å². The predicted molar refractivity (Wildman–Crippen MR) is 129 cm³/mol. The Hall–Kier alpha value is -2.80. The number of aliphatic carboxylic acids is 2. The summed E-state index contributed by atoms with van der Waals surface area (Å²) < 4.78 is 23.8. The van der Waals surface area contributed by atoms with Gasteiger partial charge >= 0.3 is 0 Å². The molecule has 204 valence electrons. The molecule has 2 atom stereocenters. The van der Waals surface area contributed by atoms with E-state index in [-0.39, 0.29) is 17.8 Å². The highest BCUT2D eigenvalue weighted by Gasteiger charge is 2.29. The molecule has 2 aliphatic heterocycles. The zero-order valence-electron chi connectivity index (χ0n) is 20.9. The Labute approximate surface area is 210 Å². The number of carbonyl (C=O) groups is 3. The Balaban J connectivity index is 0.000000709. The number of carbonyl (C=O) groups excluding carboxylic acids is 1. The van der Waals surface area contributed by atoms with Crippen LogP contribution in [0.5, 0.6) is 5.75 Å². The molecule has 11 nitrogen and oxygen atoms in total. The molecule has 1 amide bonds. The van der Waals surface area contributed by atoms with E-state index in [0.717, 1.165) is 46.4 Å². The Morgan fingerprint density at radius 1 is 1.06 bits per heavy atom. The second-order valence-electron chi connectivity index (χ2n) is 8.41. The van der Waals surface area contributed by atoms with Gasteiger partial charge in [0.1, 0.15) is 11.6 Å². The van der Waals surface area contributed by atoms with E-state index in [2.05, 4.69) is 15.1 Å². The van der Waals surface area contributed by atoms with Gasteiger partial charge < -0.3 is 35.0 Å². The number of carboxylic acids is 2. The van der Waals surface area contributed by atoms with Gasteiger partial charge in [-0.25, -0.2) is 4.39 Å². The van der Waals surface area contributed by atoms with Crippen LogP contribution in [0.3, 0.4) is 0 Å². The van der Waals surface area contributed by atoms with Crippen LogP contribution in [0.2, 0.25) is 0 Å². The smallest absolute Gasteiger partial charge is 0.300 e. The van der Waals surface area contributed by atoms with Crippen LogP contribution in [0.15, 0.2) is 24.3 Å². The van der Waals surface area contributed by atoms with Crippen molar-refractivity contribution in [2.75, 3.05) is 59.1 Å². The van der Waals surface area contributed by atoms with E-state index >= 15 is 0 Å². The first-order valence-corrected chi connectivity index (χ1v) is 11.8. The van der Waals surface area contributed by atoms with Crippen LogP contribution in [0.1, 0.15) is 26.7 Å². The van der Waals surface area contributed by atoms with Crippen molar-refractivity contribution in [3.8, 4) is 5.75 Å². The number of ether oxygens (including phenoxy) is 2. The van der Waals surface area contributed by atoms with Crippen molar-refractivity contribution in [1.82, 2.24) is 15.1 Å². The van der Waals surface area contributed by atoms with Gasteiger partial charge in [-0.3, -0.25) is 19.3 Å². The Morgan fingerprint density at radius 3 is 2.22 bits per heavy atom. The molecule has 2 saturated heterocycles. The van der Waals surface area contributed by atoms with Gasteiger partial charge in [0.2, 0.25) is 5.91 Å². The number of piperidine rings is 1. The molecule has 4 N–H and O–H groups in total. The minimum absolute atomic E-state index is 0.0487. The molecule has 0 aliphatic carbocycles. The summed E-state index contributed by atoms with van der Waals surface area (Å²) in [5.74, 6) is -1.34. The molecule has 0 radical (unpaired) electrons. The molecule has 2 heterocycles. The molecule has 12 heteroatoms. The number of rotatable bonds is 8. The first-order chi connectivity index (χ1) is 17.1. The lowest BCUT2D eigenvalue weighted by molar-refractivity contribution is -0.135. The monoisotopic (exact) mass is 515 g/mol. The third-order valence-electron chi connectivity index (χ3n) is 5.18. The molecule has 36 heavy (non-hydrogen) atoms. The second-order valence-corrected chi connectivity index (χ2v) is 8.41. The van der Waals surface area contributed by atoms with E-state index in [1.807, 2.05) is 0 Å². The van der Waals surface area contributed by atoms with Gasteiger partial charge in [-0.1, -0.05) is 0 Å². The Kier molecular flexibility index (Phi) is 15.3. The lowest BCUT2D eigenvalue weighted by Gasteiger charge is -2.37. The largest absolute Gasteiger partial charge is 0.494 e. The average Bonchev–Trinajstić information content (AvgIpc) is 2.80. The summed E-state index contributed by atoms with van der Waals surface area (Å²) >= 11 is 0. The van der Waals surface area contributed by atoms with E-state index in [1.165, 1.54) is 12.1 Å². The molecule has 0 unspecified atom stereocenters. The van der Waals surface area contributed by atoms with Crippen molar-refractivity contribution in [1.29, 1.82) is 0 Å². The topological polar surface area (TPSA) is 149 Å². The maximum Gasteiger partial charge on any atom is 0.300 e. The number of carboxylic acid groups (broad SMARTS) is 2. The van der Waals surface area contributed by atoms with Gasteiger partial charge in [-0.2, -0.15) is 0 Å². The van der Waals surface area contributed by atoms with Crippen LogP contribution in [-0.4, -0.2) is 114 Å². The minimum atomic E-state index is -0.833. The molecule has 0 aromatic heterocycles. The average molecular weight is 516 g/mol. The Morgan fingerprint density at radius 2 is 1.64 bits per heavy atom. The quantitative estimate of drug-likeness (QED) is 0.364. The highest BCUT2D eigenvalue weighted by atomic mass is 19.1. The van der Waals surface area contributed by atoms with Crippen LogP contribution in [0, 0.1) is 5.82 Å². The molecule has 0 saturated carbocycles. The number of amides is 1. The number of morpholine rings is 1. The number of hydrogen-bond donors (Lipinski definition) is 4. The minimum Gasteiger partial charge on any atom is -0.494 e. The lowest BCUT2D eigenvalue weighted by atomic mass is 10.0. The number of benzene rings is 1. The normalized spacial score (nSPS) is 20.1. The SMILES string of the molecule is CC(=O)O.CC(=O)O.O=C(CN1CCOCC1)N[C@@H]1CN(CCCOc2ccc(F)cc2)CC[C@@H]1O. The number of aliphatic hydroxyl groups is 1. The molecule has 2 fully saturated rings. The van der Waals surface area contributed by atoms with Crippen molar-refractivity contribution in [2.45, 2.75) is 38.8 Å². The molecular weight excluding hydrogens is 477 g/mol. The Bertz CT molecular complexity index is 770. The maximum absolute atomic E-state index is 12.9. The van der Waals surface area contributed by atoms with Gasteiger partial charge in [-0.05, 0) is 37.1 Å². The van der Waals surface area contributed by atoms with Crippen molar-refractivity contribution >= 4 is 17.8 Å². The summed E-state index contributed by atoms with van der Waals surface area (Å²) in [6.07, 6.45) is 0.948. The van der Waals surface area contributed by atoms with Crippen LogP contribution < -0.4 is 10.1 Å². The van der Waals surface area contributed by atoms with E-state index in [0.29, 0.717) is 45.1 Å². The van der Waals surface area contributed by atoms with Crippen molar-refractivity contribution in [2.24, 2.45) is 0 Å². The number of halogens is 1. The number of likely N-dealkylation sites (tertiary alicyclic amines) is 1. The fourth-order valence-corrected chi connectivity index (χ4v) is 3.58. The van der Waals surface area contributed by atoms with Gasteiger partial charge in [0.05, 0.1) is 38.5 Å². The molecule has 0 spiro atoms. The molecule has 1 aromatic carbocycles. The van der Waals surface area contributed by atoms with Crippen LogP contribution in [0.25, 0.3) is 0 Å². The summed E-state index contributed by atoms with van der Waals surface area (Å²) in [6, 6.07) is 5.75. The summed E-state index contributed by atoms with van der Waals surface area (Å²) in [7, 11) is 0. The van der Waals surface area contributed by atoms with E-state index in [1.54, 1.807) is 12.1 Å².